The second-order valence-electron chi connectivity index (χ2n) is 4.69. The molecule has 1 unspecified atom stereocenters. The van der Waals surface area contributed by atoms with Gasteiger partial charge in [0.2, 0.25) is 0 Å². The molecule has 6 nitrogen and oxygen atoms in total. The number of rotatable bonds is 5. The predicted octanol–water partition coefficient (Wildman–Crippen LogP) is 1.28. The van der Waals surface area contributed by atoms with E-state index in [2.05, 4.69) is 15.2 Å². The Morgan fingerprint density at radius 1 is 1.68 bits per heavy atom. The number of carbonyl (C=O) groups excluding carboxylic acids is 1. The summed E-state index contributed by atoms with van der Waals surface area (Å²) in [5.74, 6) is 0.0678. The molecule has 2 rings (SSSR count). The molecule has 0 saturated heterocycles. The molecule has 19 heavy (non-hydrogen) atoms. The Labute approximate surface area is 115 Å². The van der Waals surface area contributed by atoms with Crippen molar-refractivity contribution in [2.24, 2.45) is 5.92 Å². The molecule has 0 radical (unpaired) electrons. The van der Waals surface area contributed by atoms with Crippen molar-refractivity contribution >= 4 is 23.3 Å². The van der Waals surface area contributed by atoms with Gasteiger partial charge < -0.3 is 10.1 Å². The molecule has 0 bridgehead atoms. The largest absolute Gasteiger partial charge is 0.467 e. The van der Waals surface area contributed by atoms with Crippen LogP contribution in [0.25, 0.3) is 0 Å². The smallest absolute Gasteiger partial charge is 0.327 e. The van der Waals surface area contributed by atoms with Crippen LogP contribution >= 0.6 is 11.6 Å². The highest BCUT2D eigenvalue weighted by molar-refractivity contribution is 6.33. The lowest BCUT2D eigenvalue weighted by Gasteiger charge is -2.14. The van der Waals surface area contributed by atoms with Crippen molar-refractivity contribution in [3.05, 3.63) is 21.6 Å². The first-order chi connectivity index (χ1) is 9.02. The number of nitrogens with one attached hydrogen (secondary N) is 1. The van der Waals surface area contributed by atoms with Gasteiger partial charge in [0.05, 0.1) is 18.3 Å². The van der Waals surface area contributed by atoms with Crippen molar-refractivity contribution in [3.63, 3.8) is 0 Å². The summed E-state index contributed by atoms with van der Waals surface area (Å²) in [4.78, 5) is 23.6. The molecule has 0 spiro atoms. The van der Waals surface area contributed by atoms with Crippen LogP contribution in [0.1, 0.15) is 19.8 Å². The van der Waals surface area contributed by atoms with Gasteiger partial charge in [-0.25, -0.2) is 9.48 Å². The maximum absolute atomic E-state index is 12.2. The Balaban J connectivity index is 2.22. The molecule has 0 aromatic carbocycles. The van der Waals surface area contributed by atoms with Crippen molar-refractivity contribution in [2.45, 2.75) is 32.4 Å². The van der Waals surface area contributed by atoms with E-state index in [0.29, 0.717) is 12.5 Å². The van der Waals surface area contributed by atoms with Gasteiger partial charge in [0.25, 0.3) is 5.56 Å². The van der Waals surface area contributed by atoms with Gasteiger partial charge in [-0.15, -0.1) is 0 Å². The number of halogens is 1. The summed E-state index contributed by atoms with van der Waals surface area (Å²) in [7, 11) is 1.29. The zero-order chi connectivity index (χ0) is 14.0. The number of aromatic nitrogens is 2. The minimum Gasteiger partial charge on any atom is -0.467 e. The summed E-state index contributed by atoms with van der Waals surface area (Å²) in [5.41, 5.74) is -0.120. The number of esters is 1. The van der Waals surface area contributed by atoms with Gasteiger partial charge in [-0.3, -0.25) is 4.79 Å². The maximum Gasteiger partial charge on any atom is 0.327 e. The summed E-state index contributed by atoms with van der Waals surface area (Å²) in [5, 5.41) is 6.99. The third-order valence-electron chi connectivity index (χ3n) is 3.04. The highest BCUT2D eigenvalue weighted by Crippen LogP contribution is 2.30. The van der Waals surface area contributed by atoms with Crippen LogP contribution in [0, 0.1) is 5.92 Å². The molecule has 1 aromatic rings. The van der Waals surface area contributed by atoms with Crippen LogP contribution in [0.15, 0.2) is 11.0 Å². The summed E-state index contributed by atoms with van der Waals surface area (Å²) in [6, 6.07) is -0.646. The van der Waals surface area contributed by atoms with E-state index < -0.39 is 12.0 Å². The first-order valence-corrected chi connectivity index (χ1v) is 6.50. The number of hydrogen-bond donors (Lipinski definition) is 1. The van der Waals surface area contributed by atoms with E-state index in [1.54, 1.807) is 6.92 Å². The zero-order valence-electron chi connectivity index (χ0n) is 10.9. The number of methoxy groups -OCH3 is 1. The number of anilines is 1. The van der Waals surface area contributed by atoms with E-state index in [4.69, 9.17) is 11.6 Å². The first kappa shape index (κ1) is 13.9. The van der Waals surface area contributed by atoms with E-state index in [9.17, 15) is 9.59 Å². The summed E-state index contributed by atoms with van der Waals surface area (Å²) in [6.07, 6.45) is 3.66. The molecule has 1 fully saturated rings. The standard InChI is InChI=1S/C12H16ClN3O3/c1-7(12(18)19-2)15-10-9(13)5-14-16(11(10)17)6-8-3-4-8/h5,7-8,15H,3-4,6H2,1-2H3. The molecule has 1 saturated carbocycles. The van der Waals surface area contributed by atoms with Gasteiger partial charge >= 0.3 is 5.97 Å². The van der Waals surface area contributed by atoms with Gasteiger partial charge in [-0.2, -0.15) is 5.10 Å². The summed E-state index contributed by atoms with van der Waals surface area (Å²) in [6.45, 7) is 2.20. The van der Waals surface area contributed by atoms with E-state index in [1.165, 1.54) is 18.0 Å². The Hall–Kier alpha value is -1.56. The average molecular weight is 286 g/mol. The molecule has 7 heteroatoms. The molecule has 1 aliphatic carbocycles. The highest BCUT2D eigenvalue weighted by atomic mass is 35.5. The Bertz CT molecular complexity index is 540. The van der Waals surface area contributed by atoms with Crippen LogP contribution in [-0.4, -0.2) is 28.9 Å². The van der Waals surface area contributed by atoms with Crippen molar-refractivity contribution in [1.29, 1.82) is 0 Å². The maximum atomic E-state index is 12.2. The van der Waals surface area contributed by atoms with Crippen molar-refractivity contribution in [1.82, 2.24) is 9.78 Å². The summed E-state index contributed by atoms with van der Waals surface area (Å²) < 4.78 is 5.98. The lowest BCUT2D eigenvalue weighted by molar-refractivity contribution is -0.141. The van der Waals surface area contributed by atoms with Crippen molar-refractivity contribution in [3.8, 4) is 0 Å². The minimum atomic E-state index is -0.646. The zero-order valence-corrected chi connectivity index (χ0v) is 11.6. The van der Waals surface area contributed by atoms with Gasteiger partial charge in [0.15, 0.2) is 0 Å². The van der Waals surface area contributed by atoms with Crippen molar-refractivity contribution < 1.29 is 9.53 Å². The number of hydrogen-bond acceptors (Lipinski definition) is 5. The van der Waals surface area contributed by atoms with E-state index in [0.717, 1.165) is 12.8 Å². The first-order valence-electron chi connectivity index (χ1n) is 6.13. The lowest BCUT2D eigenvalue weighted by atomic mass is 10.3. The average Bonchev–Trinajstić information content (AvgIpc) is 3.20. The molecule has 1 N–H and O–H groups in total. The van der Waals surface area contributed by atoms with Gasteiger partial charge in [-0.1, -0.05) is 11.6 Å². The van der Waals surface area contributed by atoms with Crippen LogP contribution in [0.5, 0.6) is 0 Å². The molecule has 1 aliphatic rings. The Morgan fingerprint density at radius 3 is 2.95 bits per heavy atom. The van der Waals surface area contributed by atoms with Gasteiger partial charge in [0, 0.05) is 6.54 Å². The molecular weight excluding hydrogens is 270 g/mol. The second-order valence-corrected chi connectivity index (χ2v) is 5.09. The van der Waals surface area contributed by atoms with E-state index in [-0.39, 0.29) is 16.3 Å². The molecule has 1 atom stereocenters. The van der Waals surface area contributed by atoms with Crippen LogP contribution in [0.4, 0.5) is 5.69 Å². The number of ether oxygens (including phenoxy) is 1. The fraction of sp³-hybridized carbons (Fsp3) is 0.583. The number of nitrogens with zero attached hydrogens (tertiary/aromatic N) is 2. The van der Waals surface area contributed by atoms with Gasteiger partial charge in [-0.05, 0) is 25.7 Å². The highest BCUT2D eigenvalue weighted by Gasteiger charge is 2.24. The van der Waals surface area contributed by atoms with E-state index in [1.807, 2.05) is 0 Å². The van der Waals surface area contributed by atoms with E-state index >= 15 is 0 Å². The fourth-order valence-corrected chi connectivity index (χ4v) is 1.91. The lowest BCUT2D eigenvalue weighted by Crippen LogP contribution is -2.33. The second kappa shape index (κ2) is 5.61. The Kier molecular flexibility index (Phi) is 4.09. The molecule has 104 valence electrons. The van der Waals surface area contributed by atoms with Crippen LogP contribution in [0.3, 0.4) is 0 Å². The monoisotopic (exact) mass is 285 g/mol. The quantitative estimate of drug-likeness (QED) is 0.825. The van der Waals surface area contributed by atoms with Crippen LogP contribution < -0.4 is 10.9 Å². The molecule has 0 aliphatic heterocycles. The minimum absolute atomic E-state index is 0.190. The third kappa shape index (κ3) is 3.26. The van der Waals surface area contributed by atoms with Crippen molar-refractivity contribution in [2.75, 3.05) is 12.4 Å². The summed E-state index contributed by atoms with van der Waals surface area (Å²) >= 11 is 5.96. The molecular formula is C12H16ClN3O3. The normalized spacial score (nSPS) is 15.9. The topological polar surface area (TPSA) is 73.2 Å². The fourth-order valence-electron chi connectivity index (χ4n) is 1.73. The number of carbonyl (C=O) groups is 1. The molecule has 0 amide bonds. The SMILES string of the molecule is COC(=O)C(C)Nc1c(Cl)cnn(CC2CC2)c1=O. The van der Waals surface area contributed by atoms with Crippen LogP contribution in [-0.2, 0) is 16.1 Å². The van der Waals surface area contributed by atoms with Crippen LogP contribution in [0.2, 0.25) is 5.02 Å². The Morgan fingerprint density at radius 2 is 2.37 bits per heavy atom. The third-order valence-corrected chi connectivity index (χ3v) is 3.33. The molecule has 1 heterocycles. The van der Waals surface area contributed by atoms with Gasteiger partial charge in [0.1, 0.15) is 11.7 Å². The predicted molar refractivity (Wildman–Crippen MR) is 71.3 cm³/mol. The molecule has 1 aromatic heterocycles.